The molecule has 1 heterocycles. The maximum absolute atomic E-state index is 14.0. The average molecular weight is 360 g/mol. The number of thiophene rings is 1. The Morgan fingerprint density at radius 3 is 2.55 bits per heavy atom. The van der Waals surface area contributed by atoms with Gasteiger partial charge in [-0.15, -0.1) is 11.3 Å². The van der Waals surface area contributed by atoms with Crippen LogP contribution in [0.5, 0.6) is 0 Å². The summed E-state index contributed by atoms with van der Waals surface area (Å²) in [5, 5.41) is 5.18. The Kier molecular flexibility index (Phi) is 5.69. The number of nitrogens with one attached hydrogen (secondary N) is 1. The van der Waals surface area contributed by atoms with E-state index in [1.807, 2.05) is 24.4 Å². The number of rotatable bonds is 6. The minimum absolute atomic E-state index is 0.131. The predicted molar refractivity (Wildman–Crippen MR) is 83.1 cm³/mol. The van der Waals surface area contributed by atoms with E-state index >= 15 is 0 Å². The molecule has 108 valence electrons. The normalized spacial score (nSPS) is 12.6. The van der Waals surface area contributed by atoms with E-state index in [1.54, 1.807) is 11.3 Å². The van der Waals surface area contributed by atoms with Crippen LogP contribution in [0.15, 0.2) is 34.1 Å². The van der Waals surface area contributed by atoms with Gasteiger partial charge in [-0.25, -0.2) is 8.78 Å². The number of hydrogen-bond donors (Lipinski definition) is 1. The molecule has 0 radical (unpaired) electrons. The highest BCUT2D eigenvalue weighted by atomic mass is 79.9. The summed E-state index contributed by atoms with van der Waals surface area (Å²) in [5.74, 6) is -1.01. The molecule has 1 aromatic carbocycles. The van der Waals surface area contributed by atoms with Crippen LogP contribution in [-0.2, 0) is 6.42 Å². The number of aryl methyl sites for hydroxylation is 1. The van der Waals surface area contributed by atoms with Gasteiger partial charge in [0.1, 0.15) is 11.6 Å². The van der Waals surface area contributed by atoms with Gasteiger partial charge in [0.05, 0.1) is 0 Å². The predicted octanol–water partition coefficient (Wildman–Crippen LogP) is 5.07. The molecule has 0 saturated carbocycles. The number of halogens is 3. The van der Waals surface area contributed by atoms with Gasteiger partial charge in [0.25, 0.3) is 0 Å². The van der Waals surface area contributed by atoms with Gasteiger partial charge in [-0.05, 0) is 43.0 Å². The molecule has 0 aliphatic rings. The van der Waals surface area contributed by atoms with Crippen LogP contribution in [0, 0.1) is 11.6 Å². The zero-order valence-corrected chi connectivity index (χ0v) is 13.5. The van der Waals surface area contributed by atoms with E-state index < -0.39 is 11.6 Å². The third-order valence-corrected chi connectivity index (χ3v) is 4.50. The first-order valence-electron chi connectivity index (χ1n) is 6.52. The Hall–Kier alpha value is -0.780. The molecule has 0 bridgehead atoms. The highest BCUT2D eigenvalue weighted by Gasteiger charge is 2.20. The van der Waals surface area contributed by atoms with E-state index in [0.717, 1.165) is 6.42 Å². The lowest BCUT2D eigenvalue weighted by Gasteiger charge is -2.19. The third-order valence-electron chi connectivity index (χ3n) is 3.10. The van der Waals surface area contributed by atoms with E-state index in [9.17, 15) is 8.78 Å². The molecule has 1 atom stereocenters. The summed E-state index contributed by atoms with van der Waals surface area (Å²) in [6.45, 7) is 2.61. The van der Waals surface area contributed by atoms with Crippen LogP contribution in [0.3, 0.4) is 0 Å². The molecule has 1 unspecified atom stereocenters. The highest BCUT2D eigenvalue weighted by molar-refractivity contribution is 9.10. The lowest BCUT2D eigenvalue weighted by molar-refractivity contribution is 0.455. The number of hydrogen-bond acceptors (Lipinski definition) is 2. The molecule has 1 N–H and O–H groups in total. The van der Waals surface area contributed by atoms with Crippen molar-refractivity contribution in [1.29, 1.82) is 0 Å². The van der Waals surface area contributed by atoms with Gasteiger partial charge >= 0.3 is 0 Å². The Labute approximate surface area is 130 Å². The summed E-state index contributed by atoms with van der Waals surface area (Å²) in [6.07, 6.45) is 1.48. The molecule has 0 aliphatic heterocycles. The van der Waals surface area contributed by atoms with Crippen LogP contribution in [0.4, 0.5) is 8.78 Å². The van der Waals surface area contributed by atoms with Gasteiger partial charge in [-0.1, -0.05) is 28.9 Å². The fourth-order valence-electron chi connectivity index (χ4n) is 2.22. The van der Waals surface area contributed by atoms with E-state index in [0.29, 0.717) is 17.4 Å². The SMILES string of the molecule is CCNC(CCc1cccs1)c1c(F)cc(Br)cc1F. The quantitative estimate of drug-likeness (QED) is 0.758. The van der Waals surface area contributed by atoms with Gasteiger partial charge in [-0.2, -0.15) is 0 Å². The standard InChI is InChI=1S/C15H16BrF2NS/c1-2-19-14(6-5-11-4-3-7-20-11)15-12(17)8-10(16)9-13(15)18/h3-4,7-9,14,19H,2,5-6H2,1H3. The smallest absolute Gasteiger partial charge is 0.132 e. The zero-order valence-electron chi connectivity index (χ0n) is 11.1. The first kappa shape index (κ1) is 15.6. The van der Waals surface area contributed by atoms with Crippen LogP contribution < -0.4 is 5.32 Å². The summed E-state index contributed by atoms with van der Waals surface area (Å²) < 4.78 is 28.5. The van der Waals surface area contributed by atoms with Gasteiger partial charge < -0.3 is 5.32 Å². The van der Waals surface area contributed by atoms with Gasteiger partial charge in [0.2, 0.25) is 0 Å². The average Bonchev–Trinajstić information content (AvgIpc) is 2.87. The third kappa shape index (κ3) is 3.87. The molecular weight excluding hydrogens is 344 g/mol. The molecule has 0 saturated heterocycles. The van der Waals surface area contributed by atoms with Crippen LogP contribution in [0.1, 0.15) is 29.8 Å². The zero-order chi connectivity index (χ0) is 14.5. The van der Waals surface area contributed by atoms with Gasteiger partial charge in [-0.3, -0.25) is 0 Å². The van der Waals surface area contributed by atoms with Crippen LogP contribution in [-0.4, -0.2) is 6.54 Å². The Balaban J connectivity index is 2.19. The molecule has 0 aliphatic carbocycles. The van der Waals surface area contributed by atoms with E-state index in [-0.39, 0.29) is 11.6 Å². The molecule has 0 amide bonds. The Morgan fingerprint density at radius 2 is 2.00 bits per heavy atom. The van der Waals surface area contributed by atoms with Crippen molar-refractivity contribution in [2.75, 3.05) is 6.54 Å². The van der Waals surface area contributed by atoms with E-state index in [4.69, 9.17) is 0 Å². The lowest BCUT2D eigenvalue weighted by Crippen LogP contribution is -2.23. The second kappa shape index (κ2) is 7.29. The van der Waals surface area contributed by atoms with Crippen LogP contribution >= 0.6 is 27.3 Å². The monoisotopic (exact) mass is 359 g/mol. The van der Waals surface area contributed by atoms with Crippen molar-refractivity contribution >= 4 is 27.3 Å². The molecule has 0 spiro atoms. The number of benzene rings is 1. The molecule has 2 aromatic rings. The van der Waals surface area contributed by atoms with E-state index in [1.165, 1.54) is 17.0 Å². The van der Waals surface area contributed by atoms with Gasteiger partial charge in [0.15, 0.2) is 0 Å². The fourth-order valence-corrected chi connectivity index (χ4v) is 3.35. The first-order valence-corrected chi connectivity index (χ1v) is 8.19. The molecule has 1 nitrogen and oxygen atoms in total. The van der Waals surface area contributed by atoms with Crippen molar-refractivity contribution in [1.82, 2.24) is 5.32 Å². The largest absolute Gasteiger partial charge is 0.310 e. The summed E-state index contributed by atoms with van der Waals surface area (Å²) in [4.78, 5) is 1.23. The van der Waals surface area contributed by atoms with Crippen LogP contribution in [0.2, 0.25) is 0 Å². The molecule has 2 rings (SSSR count). The molecule has 0 fully saturated rings. The summed E-state index contributed by atoms with van der Waals surface area (Å²) in [5.41, 5.74) is 0.131. The summed E-state index contributed by atoms with van der Waals surface area (Å²) in [7, 11) is 0. The van der Waals surface area contributed by atoms with Crippen molar-refractivity contribution in [3.05, 3.63) is 56.2 Å². The minimum Gasteiger partial charge on any atom is -0.310 e. The maximum Gasteiger partial charge on any atom is 0.132 e. The maximum atomic E-state index is 14.0. The van der Waals surface area contributed by atoms with E-state index in [2.05, 4.69) is 21.2 Å². The topological polar surface area (TPSA) is 12.0 Å². The van der Waals surface area contributed by atoms with Crippen molar-refractivity contribution < 1.29 is 8.78 Å². The van der Waals surface area contributed by atoms with Crippen molar-refractivity contribution in [3.8, 4) is 0 Å². The lowest BCUT2D eigenvalue weighted by atomic mass is 10.00. The molecular formula is C15H16BrF2NS. The molecule has 1 aromatic heterocycles. The molecule has 5 heteroatoms. The second-order valence-electron chi connectivity index (χ2n) is 4.51. The summed E-state index contributed by atoms with van der Waals surface area (Å²) >= 11 is 4.77. The van der Waals surface area contributed by atoms with Crippen molar-refractivity contribution in [2.45, 2.75) is 25.8 Å². The molecule has 20 heavy (non-hydrogen) atoms. The van der Waals surface area contributed by atoms with Crippen molar-refractivity contribution in [3.63, 3.8) is 0 Å². The Bertz CT molecular complexity index is 534. The van der Waals surface area contributed by atoms with Gasteiger partial charge in [0, 0.05) is 21.0 Å². The highest BCUT2D eigenvalue weighted by Crippen LogP contribution is 2.28. The second-order valence-corrected chi connectivity index (χ2v) is 6.46. The minimum atomic E-state index is -0.506. The Morgan fingerprint density at radius 1 is 1.30 bits per heavy atom. The fraction of sp³-hybridized carbons (Fsp3) is 0.333. The van der Waals surface area contributed by atoms with Crippen molar-refractivity contribution in [2.24, 2.45) is 0 Å². The summed E-state index contributed by atoms with van der Waals surface area (Å²) in [6, 6.07) is 6.35. The van der Waals surface area contributed by atoms with Crippen LogP contribution in [0.25, 0.3) is 0 Å². The first-order chi connectivity index (χ1) is 9.61.